The van der Waals surface area contributed by atoms with E-state index in [-0.39, 0.29) is 0 Å². The van der Waals surface area contributed by atoms with Gasteiger partial charge in [-0.2, -0.15) is 4.98 Å². The van der Waals surface area contributed by atoms with Crippen LogP contribution in [0.4, 0.5) is 0 Å². The molecule has 1 aliphatic carbocycles. The highest BCUT2D eigenvalue weighted by Gasteiger charge is 2.32. The van der Waals surface area contributed by atoms with E-state index in [4.69, 9.17) is 10.3 Å². The number of aromatic nitrogens is 4. The second kappa shape index (κ2) is 4.29. The second-order valence-corrected chi connectivity index (χ2v) is 4.43. The molecule has 2 heterocycles. The van der Waals surface area contributed by atoms with Crippen molar-refractivity contribution in [1.29, 1.82) is 0 Å². The van der Waals surface area contributed by atoms with E-state index in [1.807, 2.05) is 0 Å². The zero-order chi connectivity index (χ0) is 11.7. The summed E-state index contributed by atoms with van der Waals surface area (Å²) in [7, 11) is 0. The molecule has 0 saturated heterocycles. The number of H-pyrrole nitrogens is 1. The van der Waals surface area contributed by atoms with Gasteiger partial charge in [0.05, 0.1) is 0 Å². The van der Waals surface area contributed by atoms with Gasteiger partial charge in [0.2, 0.25) is 11.7 Å². The molecule has 0 aliphatic heterocycles. The number of hydrogen-bond donors (Lipinski definition) is 2. The van der Waals surface area contributed by atoms with Crippen molar-refractivity contribution in [3.8, 4) is 11.6 Å². The first-order valence-corrected chi connectivity index (χ1v) is 5.92. The summed E-state index contributed by atoms with van der Waals surface area (Å²) in [5.41, 5.74) is 5.75. The highest BCUT2D eigenvalue weighted by molar-refractivity contribution is 5.40. The molecule has 90 valence electrons. The fourth-order valence-electron chi connectivity index (χ4n) is 2.51. The molecular weight excluding hydrogens is 218 g/mol. The van der Waals surface area contributed by atoms with Crippen molar-refractivity contribution in [3.63, 3.8) is 0 Å². The summed E-state index contributed by atoms with van der Waals surface area (Å²) in [6, 6.07) is 0. The highest BCUT2D eigenvalue weighted by atomic mass is 16.5. The molecule has 0 spiro atoms. The van der Waals surface area contributed by atoms with E-state index in [9.17, 15) is 0 Å². The van der Waals surface area contributed by atoms with Crippen molar-refractivity contribution in [2.24, 2.45) is 11.7 Å². The summed E-state index contributed by atoms with van der Waals surface area (Å²) >= 11 is 0. The molecule has 1 aliphatic rings. The minimum absolute atomic E-state index is 0.316. The number of rotatable bonds is 3. The second-order valence-electron chi connectivity index (χ2n) is 4.43. The Hall–Kier alpha value is -1.69. The largest absolute Gasteiger partial charge is 0.342 e. The zero-order valence-electron chi connectivity index (χ0n) is 9.47. The van der Waals surface area contributed by atoms with Crippen LogP contribution in [0.15, 0.2) is 16.9 Å². The molecule has 0 aromatic carbocycles. The van der Waals surface area contributed by atoms with Gasteiger partial charge >= 0.3 is 0 Å². The van der Waals surface area contributed by atoms with Crippen LogP contribution in [0.3, 0.4) is 0 Å². The van der Waals surface area contributed by atoms with Crippen molar-refractivity contribution >= 4 is 0 Å². The molecule has 0 bridgehead atoms. The molecule has 2 unspecified atom stereocenters. The van der Waals surface area contributed by atoms with Crippen LogP contribution in [0.5, 0.6) is 0 Å². The quantitative estimate of drug-likeness (QED) is 0.833. The number of aromatic amines is 1. The smallest absolute Gasteiger partial charge is 0.238 e. The first-order chi connectivity index (χ1) is 8.38. The van der Waals surface area contributed by atoms with Crippen LogP contribution in [0, 0.1) is 5.92 Å². The van der Waals surface area contributed by atoms with Crippen LogP contribution in [-0.4, -0.2) is 26.7 Å². The van der Waals surface area contributed by atoms with Gasteiger partial charge in [0.25, 0.3) is 0 Å². The van der Waals surface area contributed by atoms with Crippen LogP contribution in [0.1, 0.15) is 31.1 Å². The van der Waals surface area contributed by atoms with E-state index in [2.05, 4.69) is 20.1 Å². The van der Waals surface area contributed by atoms with E-state index in [0.29, 0.717) is 35.9 Å². The lowest BCUT2D eigenvalue weighted by molar-refractivity contribution is 0.326. The Morgan fingerprint density at radius 1 is 1.47 bits per heavy atom. The van der Waals surface area contributed by atoms with Crippen LogP contribution in [0.2, 0.25) is 0 Å². The maximum absolute atomic E-state index is 5.75. The number of hydrogen-bond acceptors (Lipinski definition) is 5. The number of imidazole rings is 1. The van der Waals surface area contributed by atoms with Gasteiger partial charge in [0, 0.05) is 18.3 Å². The van der Waals surface area contributed by atoms with Crippen molar-refractivity contribution in [2.75, 3.05) is 6.54 Å². The maximum atomic E-state index is 5.75. The van der Waals surface area contributed by atoms with Gasteiger partial charge in [0.15, 0.2) is 5.82 Å². The molecule has 17 heavy (non-hydrogen) atoms. The SMILES string of the molecule is NCC1CCCC1c1nc(-c2ncc[nH]2)no1. The van der Waals surface area contributed by atoms with E-state index < -0.39 is 0 Å². The molecule has 1 saturated carbocycles. The lowest BCUT2D eigenvalue weighted by Gasteiger charge is -2.12. The third kappa shape index (κ3) is 1.84. The van der Waals surface area contributed by atoms with Crippen LogP contribution < -0.4 is 5.73 Å². The molecule has 0 radical (unpaired) electrons. The third-order valence-electron chi connectivity index (χ3n) is 3.43. The van der Waals surface area contributed by atoms with Gasteiger partial charge in [-0.1, -0.05) is 11.6 Å². The monoisotopic (exact) mass is 233 g/mol. The molecular formula is C11H15N5O. The fourth-order valence-corrected chi connectivity index (χ4v) is 2.51. The first-order valence-electron chi connectivity index (χ1n) is 5.92. The van der Waals surface area contributed by atoms with Crippen molar-refractivity contribution in [3.05, 3.63) is 18.3 Å². The summed E-state index contributed by atoms with van der Waals surface area (Å²) in [4.78, 5) is 11.5. The van der Waals surface area contributed by atoms with Gasteiger partial charge in [-0.15, -0.1) is 0 Å². The number of nitrogens with two attached hydrogens (primary N) is 1. The molecule has 2 atom stereocenters. The van der Waals surface area contributed by atoms with Gasteiger partial charge in [-0.05, 0) is 25.3 Å². The molecule has 6 heteroatoms. The molecule has 6 nitrogen and oxygen atoms in total. The number of nitrogens with one attached hydrogen (secondary N) is 1. The summed E-state index contributed by atoms with van der Waals surface area (Å²) < 4.78 is 5.33. The van der Waals surface area contributed by atoms with Crippen LogP contribution in [0.25, 0.3) is 11.6 Å². The van der Waals surface area contributed by atoms with E-state index in [1.165, 1.54) is 6.42 Å². The molecule has 2 aromatic heterocycles. The van der Waals surface area contributed by atoms with Gasteiger partial charge in [-0.25, -0.2) is 4.98 Å². The summed E-state index contributed by atoms with van der Waals surface area (Å²) in [6.45, 7) is 0.684. The fraction of sp³-hybridized carbons (Fsp3) is 0.545. The number of nitrogens with zero attached hydrogens (tertiary/aromatic N) is 3. The van der Waals surface area contributed by atoms with Gasteiger partial charge in [-0.3, -0.25) is 0 Å². The summed E-state index contributed by atoms with van der Waals surface area (Å²) in [5, 5.41) is 3.95. The normalized spacial score (nSPS) is 24.3. The van der Waals surface area contributed by atoms with E-state index >= 15 is 0 Å². The predicted octanol–water partition coefficient (Wildman–Crippen LogP) is 1.30. The van der Waals surface area contributed by atoms with Gasteiger partial charge in [0.1, 0.15) is 0 Å². The molecule has 3 N–H and O–H groups in total. The third-order valence-corrected chi connectivity index (χ3v) is 3.43. The van der Waals surface area contributed by atoms with Crippen molar-refractivity contribution in [2.45, 2.75) is 25.2 Å². The van der Waals surface area contributed by atoms with E-state index in [1.54, 1.807) is 12.4 Å². The Bertz CT molecular complexity index is 478. The topological polar surface area (TPSA) is 93.6 Å². The van der Waals surface area contributed by atoms with Crippen molar-refractivity contribution < 1.29 is 4.52 Å². The van der Waals surface area contributed by atoms with Crippen LogP contribution in [-0.2, 0) is 0 Å². The maximum Gasteiger partial charge on any atom is 0.238 e. The predicted molar refractivity (Wildman–Crippen MR) is 61.0 cm³/mol. The molecule has 2 aromatic rings. The standard InChI is InChI=1S/C11H15N5O/c12-6-7-2-1-3-8(7)11-15-10(16-17-11)9-13-4-5-14-9/h4-5,7-8H,1-3,6,12H2,(H,13,14). The van der Waals surface area contributed by atoms with Crippen LogP contribution >= 0.6 is 0 Å². The Kier molecular flexibility index (Phi) is 2.64. The summed E-state index contributed by atoms with van der Waals surface area (Å²) in [5.74, 6) is 2.65. The van der Waals surface area contributed by atoms with Crippen molar-refractivity contribution in [1.82, 2.24) is 20.1 Å². The zero-order valence-corrected chi connectivity index (χ0v) is 9.47. The Balaban J connectivity index is 1.85. The lowest BCUT2D eigenvalue weighted by atomic mass is 9.96. The Morgan fingerprint density at radius 3 is 3.18 bits per heavy atom. The Morgan fingerprint density at radius 2 is 2.41 bits per heavy atom. The molecule has 1 fully saturated rings. The lowest BCUT2D eigenvalue weighted by Crippen LogP contribution is -2.17. The van der Waals surface area contributed by atoms with E-state index in [0.717, 1.165) is 12.8 Å². The summed E-state index contributed by atoms with van der Waals surface area (Å²) in [6.07, 6.45) is 6.83. The highest BCUT2D eigenvalue weighted by Crippen LogP contribution is 2.38. The minimum atomic E-state index is 0.316. The van der Waals surface area contributed by atoms with Gasteiger partial charge < -0.3 is 15.2 Å². The Labute approximate surface area is 98.6 Å². The molecule has 0 amide bonds. The first kappa shape index (κ1) is 10.5. The minimum Gasteiger partial charge on any atom is -0.342 e. The molecule has 3 rings (SSSR count). The average Bonchev–Trinajstić information content (AvgIpc) is 3.09. The average molecular weight is 233 g/mol.